The largest absolute Gasteiger partial charge is 0.416 e. The Morgan fingerprint density at radius 2 is 1.36 bits per heavy atom. The van der Waals surface area contributed by atoms with Crippen molar-refractivity contribution in [3.8, 4) is 0 Å². The van der Waals surface area contributed by atoms with Crippen molar-refractivity contribution in [2.75, 3.05) is 0 Å². The van der Waals surface area contributed by atoms with Crippen LogP contribution in [-0.4, -0.2) is 51.8 Å². The summed E-state index contributed by atoms with van der Waals surface area (Å²) < 4.78 is 120. The van der Waals surface area contributed by atoms with Crippen molar-refractivity contribution in [2.24, 2.45) is 0 Å². The number of halogens is 9. The first-order valence-corrected chi connectivity index (χ1v) is 7.70. The van der Waals surface area contributed by atoms with E-state index in [1.165, 1.54) is 13.8 Å². The highest BCUT2D eigenvalue weighted by Gasteiger charge is 2.69. The zero-order chi connectivity index (χ0) is 17.9. The maximum Gasteiger partial charge on any atom is 0.346 e. The Bertz CT molecular complexity index is 350. The van der Waals surface area contributed by atoms with E-state index >= 15 is 0 Å². The fraction of sp³-hybridized carbons (Fsp3) is 1.00. The second-order valence-electron chi connectivity index (χ2n) is 5.32. The third kappa shape index (κ3) is 4.77. The molecule has 0 spiro atoms. The molecule has 0 bridgehead atoms. The molecule has 0 saturated heterocycles. The maximum absolute atomic E-state index is 13.4. The van der Waals surface area contributed by atoms with Gasteiger partial charge in [-0.1, -0.05) is 6.92 Å². The van der Waals surface area contributed by atoms with Crippen molar-refractivity contribution < 1.29 is 43.9 Å². The Morgan fingerprint density at radius 1 is 0.909 bits per heavy atom. The molecule has 134 valence electrons. The Morgan fingerprint density at radius 3 is 1.73 bits per heavy atom. The molecule has 11 heteroatoms. The Labute approximate surface area is 124 Å². The van der Waals surface area contributed by atoms with E-state index in [0.717, 1.165) is 0 Å². The van der Waals surface area contributed by atoms with Crippen LogP contribution in [0.1, 0.15) is 27.2 Å². The zero-order valence-corrected chi connectivity index (χ0v) is 13.4. The van der Waals surface area contributed by atoms with Crippen molar-refractivity contribution in [1.82, 2.24) is 0 Å². The average Bonchev–Trinajstić information content (AvgIpc) is 2.42. The molecular weight excluding hydrogens is 347 g/mol. The van der Waals surface area contributed by atoms with E-state index in [-0.39, 0.29) is 6.42 Å². The summed E-state index contributed by atoms with van der Waals surface area (Å²) in [5.41, 5.74) is -1.05. The van der Waals surface area contributed by atoms with Crippen LogP contribution in [-0.2, 0) is 4.43 Å². The van der Waals surface area contributed by atoms with Crippen molar-refractivity contribution in [3.63, 3.8) is 0 Å². The molecule has 0 aromatic heterocycles. The Hall–Kier alpha value is -0.453. The molecule has 0 N–H and O–H groups in total. The fourth-order valence-electron chi connectivity index (χ4n) is 1.23. The molecule has 3 atom stereocenters. The van der Waals surface area contributed by atoms with Crippen LogP contribution < -0.4 is 0 Å². The van der Waals surface area contributed by atoms with Crippen molar-refractivity contribution >= 4 is 9.76 Å². The summed E-state index contributed by atoms with van der Waals surface area (Å²) in [5, 5.41) is 0. The van der Waals surface area contributed by atoms with E-state index in [4.69, 9.17) is 4.43 Å². The van der Waals surface area contributed by atoms with Crippen LogP contribution in [0.25, 0.3) is 0 Å². The van der Waals surface area contributed by atoms with Crippen molar-refractivity contribution in [3.05, 3.63) is 0 Å². The normalized spacial score (nSPS) is 19.0. The van der Waals surface area contributed by atoms with Gasteiger partial charge >= 0.3 is 11.8 Å². The Balaban J connectivity index is 5.09. The lowest BCUT2D eigenvalue weighted by molar-refractivity contribution is -0.267. The zero-order valence-electron chi connectivity index (χ0n) is 12.0. The predicted molar refractivity (Wildman–Crippen MR) is 64.6 cm³/mol. The first-order chi connectivity index (χ1) is 9.70. The van der Waals surface area contributed by atoms with Crippen LogP contribution in [0.2, 0.25) is 0 Å². The molecule has 0 heterocycles. The summed E-state index contributed by atoms with van der Waals surface area (Å²) in [6.07, 6.45) is -12.7. The van der Waals surface area contributed by atoms with Gasteiger partial charge in [0.1, 0.15) is 0 Å². The van der Waals surface area contributed by atoms with Gasteiger partial charge in [-0.15, -0.1) is 0 Å². The lowest BCUT2D eigenvalue weighted by Crippen LogP contribution is -2.58. The first-order valence-electron chi connectivity index (χ1n) is 6.30. The van der Waals surface area contributed by atoms with E-state index in [1.54, 1.807) is 6.92 Å². The average molecular weight is 364 g/mol. The minimum atomic E-state index is -5.92. The molecule has 0 aromatic carbocycles. The minimum Gasteiger partial charge on any atom is -0.416 e. The molecule has 0 aliphatic carbocycles. The van der Waals surface area contributed by atoms with Gasteiger partial charge in [0.05, 0.1) is 0 Å². The number of rotatable bonds is 9. The minimum absolute atomic E-state index is 0.262. The monoisotopic (exact) mass is 364 g/mol. The molecule has 0 fully saturated rings. The lowest BCUT2D eigenvalue weighted by atomic mass is 10.0. The van der Waals surface area contributed by atoms with Crippen LogP contribution in [0, 0.1) is 0 Å². The number of hydrogen-bond donors (Lipinski definition) is 0. The van der Waals surface area contributed by atoms with Crippen LogP contribution in [0.4, 0.5) is 39.5 Å². The van der Waals surface area contributed by atoms with E-state index in [1.807, 2.05) is 0 Å². The number of alkyl halides is 9. The number of hydrogen-bond acceptors (Lipinski definition) is 1. The highest BCUT2D eigenvalue weighted by atomic mass is 28.2. The van der Waals surface area contributed by atoms with E-state index < -0.39 is 51.8 Å². The third-order valence-corrected chi connectivity index (χ3v) is 4.93. The van der Waals surface area contributed by atoms with Crippen molar-refractivity contribution in [2.45, 2.75) is 69.2 Å². The molecule has 1 nitrogen and oxygen atoms in total. The van der Waals surface area contributed by atoms with Gasteiger partial charge in [-0.3, -0.25) is 0 Å². The Kier molecular flexibility index (Phi) is 7.26. The lowest BCUT2D eigenvalue weighted by Gasteiger charge is -2.33. The van der Waals surface area contributed by atoms with E-state index in [9.17, 15) is 39.5 Å². The van der Waals surface area contributed by atoms with Crippen molar-refractivity contribution in [1.29, 1.82) is 0 Å². The van der Waals surface area contributed by atoms with Gasteiger partial charge in [0.25, 0.3) is 6.43 Å². The van der Waals surface area contributed by atoms with Crippen LogP contribution in [0.5, 0.6) is 0 Å². The van der Waals surface area contributed by atoms with Crippen LogP contribution in [0.3, 0.4) is 0 Å². The molecule has 0 amide bonds. The maximum atomic E-state index is 13.4. The summed E-state index contributed by atoms with van der Waals surface area (Å²) in [4.78, 5) is 0. The predicted octanol–water partition coefficient (Wildman–Crippen LogP) is 3.78. The third-order valence-electron chi connectivity index (χ3n) is 3.18. The summed E-state index contributed by atoms with van der Waals surface area (Å²) in [5.74, 6) is -15.1. The van der Waals surface area contributed by atoms with E-state index in [2.05, 4.69) is 0 Å². The second kappa shape index (κ2) is 7.41. The smallest absolute Gasteiger partial charge is 0.346 e. The van der Waals surface area contributed by atoms with Gasteiger partial charge < -0.3 is 4.43 Å². The molecule has 3 unspecified atom stereocenters. The molecule has 0 radical (unpaired) electrons. The molecular formula is C11H17F9OSi. The highest BCUT2D eigenvalue weighted by Crippen LogP contribution is 2.44. The standard InChI is InChI=1S/C11H17F9OSi/c1-4-9(2,3)21-22-8(16)11(19,20)10(17,18)6(13)5(12)7(14)15/h5-8H,4,22H2,1-3H3. The van der Waals surface area contributed by atoms with Gasteiger partial charge in [-0.2, -0.15) is 17.6 Å². The highest BCUT2D eigenvalue weighted by molar-refractivity contribution is 6.29. The van der Waals surface area contributed by atoms with Gasteiger partial charge in [-0.25, -0.2) is 22.0 Å². The molecule has 0 aliphatic rings. The summed E-state index contributed by atoms with van der Waals surface area (Å²) in [6.45, 7) is 4.37. The molecule has 22 heavy (non-hydrogen) atoms. The van der Waals surface area contributed by atoms with Gasteiger partial charge in [0.15, 0.2) is 12.0 Å². The fourth-order valence-corrected chi connectivity index (χ4v) is 2.51. The molecule has 0 aliphatic heterocycles. The van der Waals surface area contributed by atoms with Crippen LogP contribution in [0.15, 0.2) is 0 Å². The molecule has 0 aromatic rings. The van der Waals surface area contributed by atoms with E-state index in [0.29, 0.717) is 0 Å². The summed E-state index contributed by atoms with van der Waals surface area (Å²) >= 11 is 0. The summed E-state index contributed by atoms with van der Waals surface area (Å²) in [7, 11) is -2.91. The topological polar surface area (TPSA) is 9.23 Å². The van der Waals surface area contributed by atoms with Gasteiger partial charge in [-0.05, 0) is 20.3 Å². The second-order valence-corrected chi connectivity index (χ2v) is 6.66. The van der Waals surface area contributed by atoms with Crippen LogP contribution >= 0.6 is 0 Å². The first kappa shape index (κ1) is 21.5. The van der Waals surface area contributed by atoms with Gasteiger partial charge in [0, 0.05) is 5.60 Å². The SMILES string of the molecule is CCC(C)(C)O[SiH2]C(F)C(F)(F)C(F)(F)C(F)C(F)C(F)F. The van der Waals surface area contributed by atoms with Gasteiger partial charge in [0.2, 0.25) is 15.9 Å². The molecule has 0 rings (SSSR count). The quantitative estimate of drug-likeness (QED) is 0.447. The summed E-state index contributed by atoms with van der Waals surface area (Å²) in [6, 6.07) is 0. The molecule has 0 saturated carbocycles.